The molecule has 150 valence electrons. The zero-order chi connectivity index (χ0) is 19.8. The lowest BCUT2D eigenvalue weighted by atomic mass is 10.0. The summed E-state index contributed by atoms with van der Waals surface area (Å²) in [4.78, 5) is 16.4. The predicted octanol–water partition coefficient (Wildman–Crippen LogP) is 3.95. The molecule has 1 aliphatic rings. The standard InChI is InChI=1S/C23H29ClN2O2/c1-2-21(24)23(27)26-15-13-25(14-16-26)17-18-28-22(19-9-5-3-6-10-19)20-11-7-4-8-12-20/h3-12,21-22H,2,13-18H2,1H3/t21-/m1/s1. The number of benzene rings is 2. The molecule has 1 heterocycles. The quantitative estimate of drug-likeness (QED) is 0.629. The van der Waals surface area contributed by atoms with Gasteiger partial charge >= 0.3 is 0 Å². The molecule has 5 heteroatoms. The number of alkyl halides is 1. The summed E-state index contributed by atoms with van der Waals surface area (Å²) < 4.78 is 6.30. The third-order valence-corrected chi connectivity index (χ3v) is 5.70. The van der Waals surface area contributed by atoms with E-state index in [1.807, 2.05) is 48.2 Å². The van der Waals surface area contributed by atoms with Gasteiger partial charge in [-0.2, -0.15) is 0 Å². The number of ether oxygens (including phenoxy) is 1. The topological polar surface area (TPSA) is 32.8 Å². The first-order valence-corrected chi connectivity index (χ1v) is 10.5. The highest BCUT2D eigenvalue weighted by Gasteiger charge is 2.25. The third-order valence-electron chi connectivity index (χ3n) is 5.21. The molecule has 1 aliphatic heterocycles. The number of rotatable bonds is 8. The summed E-state index contributed by atoms with van der Waals surface area (Å²) in [6.45, 7) is 6.66. The summed E-state index contributed by atoms with van der Waals surface area (Å²) in [6, 6.07) is 20.7. The number of amides is 1. The zero-order valence-corrected chi connectivity index (χ0v) is 17.2. The Morgan fingerprint density at radius 2 is 1.50 bits per heavy atom. The molecule has 3 rings (SSSR count). The summed E-state index contributed by atoms with van der Waals surface area (Å²) >= 11 is 6.10. The lowest BCUT2D eigenvalue weighted by Gasteiger charge is -2.35. The molecule has 0 aliphatic carbocycles. The first-order chi connectivity index (χ1) is 13.7. The first-order valence-electron chi connectivity index (χ1n) is 10.1. The number of halogens is 1. The number of nitrogens with zero attached hydrogens (tertiary/aromatic N) is 2. The van der Waals surface area contributed by atoms with E-state index in [4.69, 9.17) is 16.3 Å². The second-order valence-electron chi connectivity index (χ2n) is 7.11. The van der Waals surface area contributed by atoms with Crippen molar-refractivity contribution in [2.45, 2.75) is 24.8 Å². The van der Waals surface area contributed by atoms with Crippen LogP contribution in [0.1, 0.15) is 30.6 Å². The fraction of sp³-hybridized carbons (Fsp3) is 0.435. The van der Waals surface area contributed by atoms with Crippen molar-refractivity contribution in [1.82, 2.24) is 9.80 Å². The van der Waals surface area contributed by atoms with Crippen LogP contribution in [0.15, 0.2) is 60.7 Å². The average molecular weight is 401 g/mol. The van der Waals surface area contributed by atoms with Crippen molar-refractivity contribution >= 4 is 17.5 Å². The summed E-state index contributed by atoms with van der Waals surface area (Å²) in [6.07, 6.45) is 0.612. The van der Waals surface area contributed by atoms with E-state index >= 15 is 0 Å². The molecule has 0 aromatic heterocycles. The molecule has 0 radical (unpaired) electrons. The van der Waals surface area contributed by atoms with Crippen molar-refractivity contribution in [3.63, 3.8) is 0 Å². The van der Waals surface area contributed by atoms with E-state index in [9.17, 15) is 4.79 Å². The Morgan fingerprint density at radius 1 is 0.964 bits per heavy atom. The van der Waals surface area contributed by atoms with Crippen LogP contribution in [0.5, 0.6) is 0 Å². The van der Waals surface area contributed by atoms with Crippen molar-refractivity contribution in [3.8, 4) is 0 Å². The molecule has 0 spiro atoms. The second kappa shape index (κ2) is 10.6. The van der Waals surface area contributed by atoms with Crippen LogP contribution in [0, 0.1) is 0 Å². The number of carbonyl (C=O) groups is 1. The Bertz CT molecular complexity index is 678. The van der Waals surface area contributed by atoms with Gasteiger partial charge in [0.2, 0.25) is 5.91 Å². The van der Waals surface area contributed by atoms with Gasteiger partial charge in [0.05, 0.1) is 6.61 Å². The van der Waals surface area contributed by atoms with Gasteiger partial charge in [-0.25, -0.2) is 0 Å². The Kier molecular flexibility index (Phi) is 7.90. The van der Waals surface area contributed by atoms with Gasteiger partial charge in [-0.3, -0.25) is 9.69 Å². The Hall–Kier alpha value is -1.88. The molecular weight excluding hydrogens is 372 g/mol. The number of carbonyl (C=O) groups excluding carboxylic acids is 1. The molecule has 2 aromatic carbocycles. The summed E-state index contributed by atoms with van der Waals surface area (Å²) in [7, 11) is 0. The lowest BCUT2D eigenvalue weighted by molar-refractivity contribution is -0.132. The van der Waals surface area contributed by atoms with E-state index in [1.165, 1.54) is 0 Å². The van der Waals surface area contributed by atoms with Crippen LogP contribution in [0.2, 0.25) is 0 Å². The fourth-order valence-corrected chi connectivity index (χ4v) is 3.64. The smallest absolute Gasteiger partial charge is 0.240 e. The summed E-state index contributed by atoms with van der Waals surface area (Å²) in [5.74, 6) is 0.0632. The van der Waals surface area contributed by atoms with Crippen molar-refractivity contribution in [3.05, 3.63) is 71.8 Å². The molecule has 0 unspecified atom stereocenters. The number of piperazine rings is 1. The summed E-state index contributed by atoms with van der Waals surface area (Å²) in [5, 5.41) is -0.396. The van der Waals surface area contributed by atoms with Crippen LogP contribution in [-0.4, -0.2) is 60.4 Å². The van der Waals surface area contributed by atoms with Gasteiger partial charge in [0.15, 0.2) is 0 Å². The van der Waals surface area contributed by atoms with Crippen molar-refractivity contribution in [1.29, 1.82) is 0 Å². The highest BCUT2D eigenvalue weighted by atomic mass is 35.5. The van der Waals surface area contributed by atoms with E-state index in [-0.39, 0.29) is 12.0 Å². The van der Waals surface area contributed by atoms with Crippen LogP contribution in [0.25, 0.3) is 0 Å². The molecule has 1 fully saturated rings. The number of hydrogen-bond donors (Lipinski definition) is 0. The molecule has 4 nitrogen and oxygen atoms in total. The van der Waals surface area contributed by atoms with Gasteiger partial charge in [0, 0.05) is 32.7 Å². The molecule has 1 atom stereocenters. The molecule has 0 bridgehead atoms. The van der Waals surface area contributed by atoms with E-state index < -0.39 is 5.38 Å². The Balaban J connectivity index is 1.51. The van der Waals surface area contributed by atoms with Crippen LogP contribution in [0.3, 0.4) is 0 Å². The Morgan fingerprint density at radius 3 is 2.00 bits per heavy atom. The van der Waals surface area contributed by atoms with Crippen molar-refractivity contribution in [2.75, 3.05) is 39.3 Å². The molecule has 0 N–H and O–H groups in total. The predicted molar refractivity (Wildman–Crippen MR) is 114 cm³/mol. The van der Waals surface area contributed by atoms with E-state index in [2.05, 4.69) is 29.2 Å². The molecule has 2 aromatic rings. The maximum Gasteiger partial charge on any atom is 0.240 e. The molecular formula is C23H29ClN2O2. The van der Waals surface area contributed by atoms with E-state index in [1.54, 1.807) is 0 Å². The lowest BCUT2D eigenvalue weighted by Crippen LogP contribution is -2.51. The van der Waals surface area contributed by atoms with Gasteiger partial charge in [0.25, 0.3) is 0 Å². The molecule has 0 saturated carbocycles. The normalized spacial score (nSPS) is 16.3. The van der Waals surface area contributed by atoms with Crippen molar-refractivity contribution in [2.24, 2.45) is 0 Å². The fourth-order valence-electron chi connectivity index (χ4n) is 3.50. The highest BCUT2D eigenvalue weighted by molar-refractivity contribution is 6.30. The highest BCUT2D eigenvalue weighted by Crippen LogP contribution is 2.25. The van der Waals surface area contributed by atoms with Gasteiger partial charge in [0.1, 0.15) is 11.5 Å². The molecule has 1 saturated heterocycles. The molecule has 28 heavy (non-hydrogen) atoms. The van der Waals surface area contributed by atoms with Crippen LogP contribution >= 0.6 is 11.6 Å². The largest absolute Gasteiger partial charge is 0.367 e. The third kappa shape index (κ3) is 5.57. The van der Waals surface area contributed by atoms with E-state index in [0.717, 1.165) is 43.9 Å². The SMILES string of the molecule is CC[C@@H](Cl)C(=O)N1CCN(CCOC(c2ccccc2)c2ccccc2)CC1. The average Bonchev–Trinajstić information content (AvgIpc) is 2.77. The zero-order valence-electron chi connectivity index (χ0n) is 16.5. The van der Waals surface area contributed by atoms with Gasteiger partial charge < -0.3 is 9.64 Å². The van der Waals surface area contributed by atoms with Crippen LogP contribution < -0.4 is 0 Å². The van der Waals surface area contributed by atoms with Crippen LogP contribution in [0.4, 0.5) is 0 Å². The minimum absolute atomic E-state index is 0.0631. The molecule has 1 amide bonds. The van der Waals surface area contributed by atoms with E-state index in [0.29, 0.717) is 13.0 Å². The second-order valence-corrected chi connectivity index (χ2v) is 7.64. The van der Waals surface area contributed by atoms with Crippen molar-refractivity contribution < 1.29 is 9.53 Å². The maximum absolute atomic E-state index is 12.2. The Labute approximate surface area is 173 Å². The maximum atomic E-state index is 12.2. The van der Waals surface area contributed by atoms with Gasteiger partial charge in [-0.05, 0) is 17.5 Å². The minimum Gasteiger partial charge on any atom is -0.367 e. The number of hydrogen-bond acceptors (Lipinski definition) is 3. The first kappa shape index (κ1) is 20.8. The monoisotopic (exact) mass is 400 g/mol. The minimum atomic E-state index is -0.396. The van der Waals surface area contributed by atoms with Gasteiger partial charge in [-0.1, -0.05) is 67.6 Å². The van der Waals surface area contributed by atoms with Crippen LogP contribution in [-0.2, 0) is 9.53 Å². The van der Waals surface area contributed by atoms with Gasteiger partial charge in [-0.15, -0.1) is 11.6 Å². The summed E-state index contributed by atoms with van der Waals surface area (Å²) in [5.41, 5.74) is 2.33.